The van der Waals surface area contributed by atoms with Gasteiger partial charge in [0, 0.05) is 37.8 Å². The Morgan fingerprint density at radius 2 is 1.88 bits per heavy atom. The molecule has 2 aromatic heterocycles. The summed E-state index contributed by atoms with van der Waals surface area (Å²) in [6.45, 7) is 9.17. The minimum absolute atomic E-state index is 0.198. The number of ether oxygens (including phenoxy) is 1. The molecule has 4 rings (SSSR count). The molecule has 2 aliphatic rings. The molecule has 4 heterocycles. The standard InChI is InChI=1S/C19H25N5O2/c1-18(2,3)26-17(25)23-9-6-19(7-10-23)11-24(12-19)16-14-5-4-8-20-15(14)21-13-22-16/h4-5,8,13H,6-7,9-12H2,1-3H3. The van der Waals surface area contributed by atoms with Gasteiger partial charge in [0.1, 0.15) is 17.7 Å². The van der Waals surface area contributed by atoms with Gasteiger partial charge in [-0.15, -0.1) is 0 Å². The molecule has 7 nitrogen and oxygen atoms in total. The zero-order valence-electron chi connectivity index (χ0n) is 15.6. The molecule has 2 aromatic rings. The number of likely N-dealkylation sites (tertiary alicyclic amines) is 1. The molecule has 0 unspecified atom stereocenters. The van der Waals surface area contributed by atoms with Gasteiger partial charge in [0.25, 0.3) is 0 Å². The first kappa shape index (κ1) is 17.0. The minimum Gasteiger partial charge on any atom is -0.444 e. The maximum absolute atomic E-state index is 12.2. The van der Waals surface area contributed by atoms with Gasteiger partial charge in [-0.2, -0.15) is 0 Å². The van der Waals surface area contributed by atoms with Gasteiger partial charge in [0.2, 0.25) is 0 Å². The van der Waals surface area contributed by atoms with Crippen LogP contribution < -0.4 is 4.90 Å². The molecule has 26 heavy (non-hydrogen) atoms. The van der Waals surface area contributed by atoms with Crippen LogP contribution in [-0.2, 0) is 4.74 Å². The van der Waals surface area contributed by atoms with Crippen molar-refractivity contribution in [3.05, 3.63) is 24.7 Å². The number of pyridine rings is 1. The van der Waals surface area contributed by atoms with Crippen molar-refractivity contribution >= 4 is 22.9 Å². The number of aromatic nitrogens is 3. The molecule has 0 aliphatic carbocycles. The Hall–Kier alpha value is -2.44. The topological polar surface area (TPSA) is 71.5 Å². The molecular formula is C19H25N5O2. The van der Waals surface area contributed by atoms with Crippen molar-refractivity contribution in [3.63, 3.8) is 0 Å². The van der Waals surface area contributed by atoms with Crippen LogP contribution in [0.2, 0.25) is 0 Å². The first-order chi connectivity index (χ1) is 12.4. The maximum atomic E-state index is 12.2. The highest BCUT2D eigenvalue weighted by molar-refractivity contribution is 5.86. The molecule has 2 fully saturated rings. The van der Waals surface area contributed by atoms with Gasteiger partial charge in [0.15, 0.2) is 5.65 Å². The van der Waals surface area contributed by atoms with Gasteiger partial charge in [0.05, 0.1) is 5.39 Å². The quantitative estimate of drug-likeness (QED) is 0.783. The number of rotatable bonds is 1. The molecule has 138 valence electrons. The Labute approximate surface area is 153 Å². The largest absolute Gasteiger partial charge is 0.444 e. The lowest BCUT2D eigenvalue weighted by molar-refractivity contribution is 0.00593. The van der Waals surface area contributed by atoms with Gasteiger partial charge < -0.3 is 14.5 Å². The van der Waals surface area contributed by atoms with Crippen LogP contribution in [0.5, 0.6) is 0 Å². The fourth-order valence-electron chi connectivity index (χ4n) is 3.85. The highest BCUT2D eigenvalue weighted by Gasteiger charge is 2.46. The maximum Gasteiger partial charge on any atom is 0.410 e. The number of anilines is 1. The summed E-state index contributed by atoms with van der Waals surface area (Å²) in [6.07, 6.45) is 5.15. The van der Waals surface area contributed by atoms with Crippen LogP contribution in [0.25, 0.3) is 11.0 Å². The van der Waals surface area contributed by atoms with Gasteiger partial charge in [-0.1, -0.05) is 0 Å². The number of carbonyl (C=O) groups excluding carboxylic acids is 1. The lowest BCUT2D eigenvalue weighted by Crippen LogP contribution is -2.61. The van der Waals surface area contributed by atoms with E-state index < -0.39 is 5.60 Å². The average Bonchev–Trinajstić information content (AvgIpc) is 2.58. The number of amides is 1. The summed E-state index contributed by atoms with van der Waals surface area (Å²) >= 11 is 0. The van der Waals surface area contributed by atoms with E-state index in [0.29, 0.717) is 0 Å². The molecule has 0 atom stereocenters. The number of hydrogen-bond donors (Lipinski definition) is 0. The number of nitrogens with zero attached hydrogens (tertiary/aromatic N) is 5. The molecule has 7 heteroatoms. The Kier molecular flexibility index (Phi) is 3.97. The SMILES string of the molecule is CC(C)(C)OC(=O)N1CCC2(CC1)CN(c1ncnc3ncccc13)C2. The second kappa shape index (κ2) is 6.07. The Bertz CT molecular complexity index is 811. The number of fused-ring (bicyclic) bond motifs is 1. The van der Waals surface area contributed by atoms with Crippen LogP contribution in [-0.4, -0.2) is 57.7 Å². The smallest absolute Gasteiger partial charge is 0.410 e. The highest BCUT2D eigenvalue weighted by atomic mass is 16.6. The predicted molar refractivity (Wildman–Crippen MR) is 99.0 cm³/mol. The highest BCUT2D eigenvalue weighted by Crippen LogP contribution is 2.43. The van der Waals surface area contributed by atoms with Crippen molar-refractivity contribution in [3.8, 4) is 0 Å². The van der Waals surface area contributed by atoms with Crippen molar-refractivity contribution < 1.29 is 9.53 Å². The molecule has 0 radical (unpaired) electrons. The zero-order chi connectivity index (χ0) is 18.4. The van der Waals surface area contributed by atoms with Gasteiger partial charge in [-0.25, -0.2) is 19.7 Å². The van der Waals surface area contributed by atoms with E-state index in [2.05, 4.69) is 19.9 Å². The van der Waals surface area contributed by atoms with Gasteiger partial charge in [-0.05, 0) is 45.7 Å². The van der Waals surface area contributed by atoms with Gasteiger partial charge in [-0.3, -0.25) is 0 Å². The molecule has 0 N–H and O–H groups in total. The summed E-state index contributed by atoms with van der Waals surface area (Å²) in [4.78, 5) is 29.4. The van der Waals surface area contributed by atoms with Crippen LogP contribution in [0.15, 0.2) is 24.7 Å². The fourth-order valence-corrected chi connectivity index (χ4v) is 3.85. The number of piperidine rings is 1. The first-order valence-corrected chi connectivity index (χ1v) is 9.14. The Morgan fingerprint density at radius 3 is 2.58 bits per heavy atom. The van der Waals surface area contributed by atoms with Crippen molar-refractivity contribution in [1.29, 1.82) is 0 Å². The van der Waals surface area contributed by atoms with E-state index >= 15 is 0 Å². The van der Waals surface area contributed by atoms with Crippen LogP contribution in [0.4, 0.5) is 10.6 Å². The lowest BCUT2D eigenvalue weighted by Gasteiger charge is -2.54. The molecule has 2 aliphatic heterocycles. The van der Waals surface area contributed by atoms with E-state index in [0.717, 1.165) is 55.9 Å². The average molecular weight is 355 g/mol. The summed E-state index contributed by atoms with van der Waals surface area (Å²) < 4.78 is 5.49. The molecule has 0 aromatic carbocycles. The third-order valence-electron chi connectivity index (χ3n) is 5.22. The van der Waals surface area contributed by atoms with E-state index in [4.69, 9.17) is 4.74 Å². The van der Waals surface area contributed by atoms with E-state index in [1.807, 2.05) is 37.8 Å². The third-order valence-corrected chi connectivity index (χ3v) is 5.22. The molecular weight excluding hydrogens is 330 g/mol. The van der Waals surface area contributed by atoms with Crippen LogP contribution in [0.3, 0.4) is 0 Å². The molecule has 2 saturated heterocycles. The molecule has 1 amide bonds. The normalized spacial score (nSPS) is 19.5. The third kappa shape index (κ3) is 3.18. The fraction of sp³-hybridized carbons (Fsp3) is 0.579. The summed E-state index contributed by atoms with van der Waals surface area (Å²) in [5.41, 5.74) is 0.567. The molecule has 0 saturated carbocycles. The predicted octanol–water partition coefficient (Wildman–Crippen LogP) is 2.86. The van der Waals surface area contributed by atoms with Crippen LogP contribution in [0, 0.1) is 5.41 Å². The second-order valence-corrected chi connectivity index (χ2v) is 8.40. The Morgan fingerprint density at radius 1 is 1.15 bits per heavy atom. The monoisotopic (exact) mass is 355 g/mol. The van der Waals surface area contributed by atoms with Crippen LogP contribution >= 0.6 is 0 Å². The zero-order valence-corrected chi connectivity index (χ0v) is 15.6. The van der Waals surface area contributed by atoms with Gasteiger partial charge >= 0.3 is 6.09 Å². The summed E-state index contributed by atoms with van der Waals surface area (Å²) in [7, 11) is 0. The van der Waals surface area contributed by atoms with Crippen molar-refractivity contribution in [2.24, 2.45) is 5.41 Å². The summed E-state index contributed by atoms with van der Waals surface area (Å²) in [5, 5.41) is 0.996. The summed E-state index contributed by atoms with van der Waals surface area (Å²) in [6, 6.07) is 3.94. The second-order valence-electron chi connectivity index (χ2n) is 8.40. The lowest BCUT2D eigenvalue weighted by atomic mass is 9.72. The van der Waals surface area contributed by atoms with E-state index in [9.17, 15) is 4.79 Å². The minimum atomic E-state index is -0.443. The van der Waals surface area contributed by atoms with E-state index in [1.165, 1.54) is 0 Å². The van der Waals surface area contributed by atoms with E-state index in [1.54, 1.807) is 12.5 Å². The molecule has 1 spiro atoms. The summed E-state index contributed by atoms with van der Waals surface area (Å²) in [5.74, 6) is 0.961. The first-order valence-electron chi connectivity index (χ1n) is 9.14. The van der Waals surface area contributed by atoms with E-state index in [-0.39, 0.29) is 11.5 Å². The van der Waals surface area contributed by atoms with Crippen molar-refractivity contribution in [2.75, 3.05) is 31.1 Å². The van der Waals surface area contributed by atoms with Crippen molar-refractivity contribution in [1.82, 2.24) is 19.9 Å². The Balaban J connectivity index is 1.39. The number of carbonyl (C=O) groups is 1. The number of hydrogen-bond acceptors (Lipinski definition) is 6. The molecule has 0 bridgehead atoms. The van der Waals surface area contributed by atoms with Crippen LogP contribution in [0.1, 0.15) is 33.6 Å². The van der Waals surface area contributed by atoms with Crippen molar-refractivity contribution in [2.45, 2.75) is 39.2 Å².